The Hall–Kier alpha value is -2.60. The Bertz CT molecular complexity index is 1150. The zero-order valence-electron chi connectivity index (χ0n) is 16.9. The number of aromatic nitrogens is 1. The van der Waals surface area contributed by atoms with Gasteiger partial charge in [-0.15, -0.1) is 12.4 Å². The number of rotatable bonds is 6. The van der Waals surface area contributed by atoms with Gasteiger partial charge in [0.1, 0.15) is 0 Å². The predicted molar refractivity (Wildman–Crippen MR) is 127 cm³/mol. The van der Waals surface area contributed by atoms with Crippen molar-refractivity contribution in [2.45, 2.75) is 26.9 Å². The van der Waals surface area contributed by atoms with Gasteiger partial charge >= 0.3 is 0 Å². The zero-order valence-corrected chi connectivity index (χ0v) is 18.5. The molecule has 0 bridgehead atoms. The number of primary amides is 1. The van der Waals surface area contributed by atoms with Crippen LogP contribution in [0.1, 0.15) is 25.1 Å². The van der Waals surface area contributed by atoms with Gasteiger partial charge in [-0.25, -0.2) is 0 Å². The van der Waals surface area contributed by atoms with E-state index in [0.29, 0.717) is 17.0 Å². The van der Waals surface area contributed by atoms with Crippen molar-refractivity contribution in [2.24, 2.45) is 17.4 Å². The highest BCUT2D eigenvalue weighted by molar-refractivity contribution is 6.30. The number of carbonyl (C=O) groups is 1. The van der Waals surface area contributed by atoms with Gasteiger partial charge in [-0.1, -0.05) is 43.6 Å². The molecule has 3 aromatic rings. The summed E-state index contributed by atoms with van der Waals surface area (Å²) in [7, 11) is 0. The third-order valence-corrected chi connectivity index (χ3v) is 4.97. The van der Waals surface area contributed by atoms with Gasteiger partial charge in [0.15, 0.2) is 0 Å². The number of halogens is 2. The maximum atomic E-state index is 13.3. The first-order chi connectivity index (χ1) is 13.8. The summed E-state index contributed by atoms with van der Waals surface area (Å²) < 4.78 is 1.77. The number of hydrogen-bond donors (Lipinski definition) is 2. The third kappa shape index (κ3) is 4.93. The third-order valence-electron chi connectivity index (χ3n) is 4.72. The van der Waals surface area contributed by atoms with Crippen LogP contribution >= 0.6 is 24.0 Å². The van der Waals surface area contributed by atoms with Crippen LogP contribution in [0.25, 0.3) is 28.0 Å². The zero-order chi connectivity index (χ0) is 21.1. The van der Waals surface area contributed by atoms with E-state index in [9.17, 15) is 9.59 Å². The van der Waals surface area contributed by atoms with Gasteiger partial charge in [0, 0.05) is 40.8 Å². The first-order valence-electron chi connectivity index (χ1n) is 9.44. The molecule has 0 saturated carbocycles. The molecule has 0 radical (unpaired) electrons. The van der Waals surface area contributed by atoms with Crippen molar-refractivity contribution >= 4 is 46.8 Å². The lowest BCUT2D eigenvalue weighted by molar-refractivity contribution is -0.113. The molecule has 1 aromatic heterocycles. The molecule has 5 nitrogen and oxygen atoms in total. The number of nitrogens with two attached hydrogens (primary N) is 2. The summed E-state index contributed by atoms with van der Waals surface area (Å²) in [5.74, 6) is -0.246. The van der Waals surface area contributed by atoms with E-state index in [1.54, 1.807) is 22.8 Å². The fraction of sp³-hybridized carbons (Fsp3) is 0.217. The molecule has 0 saturated heterocycles. The van der Waals surface area contributed by atoms with E-state index in [1.165, 1.54) is 6.08 Å². The highest BCUT2D eigenvalue weighted by atomic mass is 35.5. The van der Waals surface area contributed by atoms with Crippen molar-refractivity contribution in [1.29, 1.82) is 0 Å². The molecule has 0 aliphatic heterocycles. The smallest absolute Gasteiger partial charge is 0.258 e. The summed E-state index contributed by atoms with van der Waals surface area (Å²) in [6.07, 6.45) is 2.93. The van der Waals surface area contributed by atoms with Crippen molar-refractivity contribution in [3.63, 3.8) is 0 Å². The Morgan fingerprint density at radius 3 is 2.37 bits per heavy atom. The van der Waals surface area contributed by atoms with Crippen LogP contribution in [0.3, 0.4) is 0 Å². The minimum atomic E-state index is -0.530. The van der Waals surface area contributed by atoms with E-state index >= 15 is 0 Å². The topological polar surface area (TPSA) is 91.1 Å². The normalized spacial score (nSPS) is 11.2. The van der Waals surface area contributed by atoms with Crippen molar-refractivity contribution in [2.75, 3.05) is 0 Å². The van der Waals surface area contributed by atoms with Gasteiger partial charge < -0.3 is 16.0 Å². The van der Waals surface area contributed by atoms with Gasteiger partial charge in [-0.3, -0.25) is 9.59 Å². The Balaban J connectivity index is 0.00000320. The fourth-order valence-corrected chi connectivity index (χ4v) is 3.63. The molecule has 1 heterocycles. The number of pyridine rings is 1. The van der Waals surface area contributed by atoms with Crippen molar-refractivity contribution < 1.29 is 4.79 Å². The molecule has 2 aromatic carbocycles. The molecular formula is C23H25Cl2N3O2. The second kappa shape index (κ2) is 9.94. The summed E-state index contributed by atoms with van der Waals surface area (Å²) >= 11 is 6.08. The van der Waals surface area contributed by atoms with E-state index in [1.807, 2.05) is 30.3 Å². The van der Waals surface area contributed by atoms with Crippen LogP contribution in [0.2, 0.25) is 5.02 Å². The Labute approximate surface area is 186 Å². The number of nitrogens with zero attached hydrogens (tertiary/aromatic N) is 1. The molecule has 7 heteroatoms. The predicted octanol–water partition coefficient (Wildman–Crippen LogP) is 4.36. The summed E-state index contributed by atoms with van der Waals surface area (Å²) in [6, 6.07) is 13.0. The van der Waals surface area contributed by atoms with Crippen LogP contribution < -0.4 is 17.0 Å². The number of amides is 1. The second-order valence-electron chi connectivity index (χ2n) is 7.38. The van der Waals surface area contributed by atoms with Gasteiger partial charge in [-0.05, 0) is 52.8 Å². The monoisotopic (exact) mass is 445 g/mol. The first-order valence-corrected chi connectivity index (χ1v) is 9.82. The molecule has 4 N–H and O–H groups in total. The molecule has 0 fully saturated rings. The molecular weight excluding hydrogens is 421 g/mol. The van der Waals surface area contributed by atoms with Gasteiger partial charge in [0.25, 0.3) is 5.56 Å². The number of benzene rings is 2. The fourth-order valence-electron chi connectivity index (χ4n) is 3.50. The Morgan fingerprint density at radius 2 is 1.80 bits per heavy atom. The molecule has 1 amide bonds. The van der Waals surface area contributed by atoms with E-state index in [0.717, 1.165) is 27.8 Å². The average Bonchev–Trinajstić information content (AvgIpc) is 2.68. The van der Waals surface area contributed by atoms with Gasteiger partial charge in [0.05, 0.1) is 0 Å². The van der Waals surface area contributed by atoms with Gasteiger partial charge in [-0.2, -0.15) is 0 Å². The SMILES string of the molecule is CC(C)Cn1c(CN)c(-c2ccc(Cl)cc2)c2cc(C=CC(N)=O)ccc2c1=O.Cl. The van der Waals surface area contributed by atoms with Crippen LogP contribution in [0.4, 0.5) is 0 Å². The number of fused-ring (bicyclic) bond motifs is 1. The number of hydrogen-bond acceptors (Lipinski definition) is 3. The molecule has 0 atom stereocenters. The lowest BCUT2D eigenvalue weighted by Gasteiger charge is -2.21. The van der Waals surface area contributed by atoms with Crippen molar-refractivity contribution in [3.8, 4) is 11.1 Å². The molecule has 30 heavy (non-hydrogen) atoms. The standard InChI is InChI=1S/C23H24ClN3O2.ClH/c1-14(2)13-27-20(12-25)22(16-5-7-17(24)8-6-16)19-11-15(4-10-21(26)28)3-9-18(19)23(27)29;/h3-11,14H,12-13,25H2,1-2H3,(H2,26,28);1H. The summed E-state index contributed by atoms with van der Waals surface area (Å²) in [5, 5.41) is 2.02. The highest BCUT2D eigenvalue weighted by Gasteiger charge is 2.18. The van der Waals surface area contributed by atoms with Crippen LogP contribution in [-0.4, -0.2) is 10.5 Å². The molecule has 0 aliphatic carbocycles. The summed E-state index contributed by atoms with van der Waals surface area (Å²) in [6.45, 7) is 4.93. The van der Waals surface area contributed by atoms with Crippen LogP contribution in [0.15, 0.2) is 53.3 Å². The van der Waals surface area contributed by atoms with Crippen LogP contribution in [0.5, 0.6) is 0 Å². The Kier molecular flexibility index (Phi) is 7.84. The van der Waals surface area contributed by atoms with E-state index in [4.69, 9.17) is 23.1 Å². The van der Waals surface area contributed by atoms with Crippen LogP contribution in [0, 0.1) is 5.92 Å². The molecule has 3 rings (SSSR count). The summed E-state index contributed by atoms with van der Waals surface area (Å²) in [5.41, 5.74) is 14.6. The first kappa shape index (κ1) is 23.7. The minimum absolute atomic E-state index is 0. The number of carbonyl (C=O) groups excluding carboxylic acids is 1. The average molecular weight is 446 g/mol. The van der Waals surface area contributed by atoms with Crippen LogP contribution in [-0.2, 0) is 17.9 Å². The largest absolute Gasteiger partial charge is 0.366 e. The lowest BCUT2D eigenvalue weighted by atomic mass is 9.95. The van der Waals surface area contributed by atoms with E-state index in [-0.39, 0.29) is 30.4 Å². The highest BCUT2D eigenvalue weighted by Crippen LogP contribution is 2.32. The molecule has 0 aliphatic rings. The molecule has 158 valence electrons. The second-order valence-corrected chi connectivity index (χ2v) is 7.82. The minimum Gasteiger partial charge on any atom is -0.366 e. The van der Waals surface area contributed by atoms with Crippen molar-refractivity contribution in [3.05, 3.63) is 75.2 Å². The maximum Gasteiger partial charge on any atom is 0.258 e. The molecule has 0 unspecified atom stereocenters. The summed E-state index contributed by atoms with van der Waals surface area (Å²) in [4.78, 5) is 24.4. The quantitative estimate of drug-likeness (QED) is 0.552. The lowest BCUT2D eigenvalue weighted by Crippen LogP contribution is -2.28. The van der Waals surface area contributed by atoms with Crippen molar-refractivity contribution in [1.82, 2.24) is 4.57 Å². The molecule has 0 spiro atoms. The Morgan fingerprint density at radius 1 is 1.13 bits per heavy atom. The maximum absolute atomic E-state index is 13.3. The van der Waals surface area contributed by atoms with E-state index in [2.05, 4.69) is 13.8 Å². The van der Waals surface area contributed by atoms with E-state index < -0.39 is 5.91 Å². The van der Waals surface area contributed by atoms with Gasteiger partial charge in [0.2, 0.25) is 5.91 Å².